The van der Waals surface area contributed by atoms with E-state index in [-0.39, 0.29) is 17.3 Å². The highest BCUT2D eigenvalue weighted by atomic mass is 32.2. The second-order valence-corrected chi connectivity index (χ2v) is 8.49. The molecule has 2 N–H and O–H groups in total. The molecule has 0 fully saturated rings. The first kappa shape index (κ1) is 19.8. The average molecular weight is 417 g/mol. The number of hydrogen-bond acceptors (Lipinski definition) is 4. The Kier molecular flexibility index (Phi) is 5.56. The molecule has 1 aromatic heterocycles. The van der Waals surface area contributed by atoms with Crippen molar-refractivity contribution in [3.63, 3.8) is 0 Å². The third kappa shape index (κ3) is 4.53. The van der Waals surface area contributed by atoms with Crippen LogP contribution in [0.2, 0.25) is 0 Å². The fourth-order valence-corrected chi connectivity index (χ4v) is 4.06. The van der Waals surface area contributed by atoms with Gasteiger partial charge in [-0.05, 0) is 52.7 Å². The Morgan fingerprint density at radius 2 is 1.63 bits per heavy atom. The Morgan fingerprint density at radius 1 is 0.867 bits per heavy atom. The Hall–Kier alpha value is -3.55. The highest BCUT2D eigenvalue weighted by Gasteiger charge is 2.14. The molecule has 0 aliphatic carbocycles. The van der Waals surface area contributed by atoms with Gasteiger partial charge in [0.25, 0.3) is 5.91 Å². The van der Waals surface area contributed by atoms with Crippen LogP contribution in [0.15, 0.2) is 96.2 Å². The zero-order valence-electron chi connectivity index (χ0n) is 15.9. The smallest absolute Gasteiger partial charge is 0.255 e. The maximum absolute atomic E-state index is 12.6. The molecule has 4 aromatic rings. The topological polar surface area (TPSA) is 88.2 Å². The second-order valence-electron chi connectivity index (χ2n) is 6.73. The minimum atomic E-state index is -3.65. The monoisotopic (exact) mass is 417 g/mol. The van der Waals surface area contributed by atoms with E-state index in [2.05, 4.69) is 15.0 Å². The molecule has 0 saturated heterocycles. The molecule has 0 unspecified atom stereocenters. The van der Waals surface area contributed by atoms with Crippen molar-refractivity contribution in [1.82, 2.24) is 9.71 Å². The molecular weight excluding hydrogens is 398 g/mol. The summed E-state index contributed by atoms with van der Waals surface area (Å²) in [7, 11) is -3.65. The van der Waals surface area contributed by atoms with Crippen LogP contribution < -0.4 is 10.0 Å². The van der Waals surface area contributed by atoms with E-state index in [0.29, 0.717) is 11.3 Å². The number of nitrogens with zero attached hydrogens (tertiary/aromatic N) is 1. The first-order valence-electron chi connectivity index (χ1n) is 9.30. The summed E-state index contributed by atoms with van der Waals surface area (Å²) in [5, 5.41) is 4.61. The molecule has 3 aromatic carbocycles. The minimum absolute atomic E-state index is 0.125. The van der Waals surface area contributed by atoms with Crippen LogP contribution in [0.4, 0.5) is 5.69 Å². The van der Waals surface area contributed by atoms with Crippen LogP contribution in [0.3, 0.4) is 0 Å². The predicted octanol–water partition coefficient (Wildman–Crippen LogP) is 3.97. The number of nitrogens with one attached hydrogen (secondary N) is 2. The van der Waals surface area contributed by atoms with Gasteiger partial charge in [-0.25, -0.2) is 13.1 Å². The van der Waals surface area contributed by atoms with E-state index < -0.39 is 10.0 Å². The summed E-state index contributed by atoms with van der Waals surface area (Å²) >= 11 is 0. The van der Waals surface area contributed by atoms with Gasteiger partial charge in [0.05, 0.1) is 16.8 Å². The van der Waals surface area contributed by atoms with Crippen LogP contribution in [-0.4, -0.2) is 19.3 Å². The van der Waals surface area contributed by atoms with Crippen molar-refractivity contribution in [2.45, 2.75) is 11.4 Å². The highest BCUT2D eigenvalue weighted by molar-refractivity contribution is 7.89. The van der Waals surface area contributed by atoms with Crippen LogP contribution >= 0.6 is 0 Å². The standard InChI is InChI=1S/C23H19N3O3S/c27-23(26-21-6-3-13-24-16-21)19-9-7-17(8-10-19)15-25-30(28,29)22-12-11-18-4-1-2-5-20(18)14-22/h1-14,16,25H,15H2,(H,26,27). The summed E-state index contributed by atoms with van der Waals surface area (Å²) in [5.41, 5.74) is 1.83. The Balaban J connectivity index is 1.42. The van der Waals surface area contributed by atoms with Crippen molar-refractivity contribution >= 4 is 32.4 Å². The molecule has 0 aliphatic heterocycles. The fraction of sp³-hybridized carbons (Fsp3) is 0.0435. The van der Waals surface area contributed by atoms with Gasteiger partial charge in [-0.15, -0.1) is 0 Å². The first-order chi connectivity index (χ1) is 14.5. The zero-order valence-corrected chi connectivity index (χ0v) is 16.8. The van der Waals surface area contributed by atoms with Gasteiger partial charge in [-0.1, -0.05) is 42.5 Å². The van der Waals surface area contributed by atoms with Gasteiger partial charge in [-0.3, -0.25) is 9.78 Å². The molecule has 0 atom stereocenters. The van der Waals surface area contributed by atoms with Gasteiger partial charge >= 0.3 is 0 Å². The largest absolute Gasteiger partial charge is 0.321 e. The average Bonchev–Trinajstić information content (AvgIpc) is 2.78. The Labute approximate surface area is 174 Å². The second kappa shape index (κ2) is 8.44. The summed E-state index contributed by atoms with van der Waals surface area (Å²) in [6.45, 7) is 0.125. The van der Waals surface area contributed by atoms with Gasteiger partial charge < -0.3 is 5.32 Å². The summed E-state index contributed by atoms with van der Waals surface area (Å²) < 4.78 is 27.9. The lowest BCUT2D eigenvalue weighted by molar-refractivity contribution is 0.102. The van der Waals surface area contributed by atoms with Gasteiger partial charge in [0, 0.05) is 18.3 Å². The van der Waals surface area contributed by atoms with E-state index in [1.807, 2.05) is 24.3 Å². The molecule has 0 aliphatic rings. The number of rotatable bonds is 6. The van der Waals surface area contributed by atoms with Crippen molar-refractivity contribution in [1.29, 1.82) is 0 Å². The third-order valence-corrected chi connectivity index (χ3v) is 6.03. The van der Waals surface area contributed by atoms with E-state index in [4.69, 9.17) is 0 Å². The Bertz CT molecular complexity index is 1290. The van der Waals surface area contributed by atoms with Gasteiger partial charge in [-0.2, -0.15) is 0 Å². The van der Waals surface area contributed by atoms with Gasteiger partial charge in [0.15, 0.2) is 0 Å². The lowest BCUT2D eigenvalue weighted by Gasteiger charge is -2.09. The van der Waals surface area contributed by atoms with Crippen LogP contribution in [0, 0.1) is 0 Å². The normalized spacial score (nSPS) is 11.3. The van der Waals surface area contributed by atoms with Gasteiger partial charge in [0.2, 0.25) is 10.0 Å². The third-order valence-electron chi connectivity index (χ3n) is 4.63. The van der Waals surface area contributed by atoms with E-state index in [1.54, 1.807) is 67.0 Å². The van der Waals surface area contributed by atoms with Crippen LogP contribution in [0.25, 0.3) is 10.8 Å². The maximum Gasteiger partial charge on any atom is 0.255 e. The number of fused-ring (bicyclic) bond motifs is 1. The predicted molar refractivity (Wildman–Crippen MR) is 117 cm³/mol. The van der Waals surface area contributed by atoms with Crippen molar-refractivity contribution in [2.75, 3.05) is 5.32 Å². The van der Waals surface area contributed by atoms with E-state index in [0.717, 1.165) is 16.3 Å². The van der Waals surface area contributed by atoms with Crippen molar-refractivity contribution in [2.24, 2.45) is 0 Å². The quantitative estimate of drug-likeness (QED) is 0.497. The van der Waals surface area contributed by atoms with E-state index in [9.17, 15) is 13.2 Å². The van der Waals surface area contributed by atoms with Crippen molar-refractivity contribution in [3.05, 3.63) is 102 Å². The van der Waals surface area contributed by atoms with E-state index in [1.165, 1.54) is 0 Å². The molecular formula is C23H19N3O3S. The zero-order chi connectivity index (χ0) is 21.0. The number of anilines is 1. The number of aromatic nitrogens is 1. The van der Waals surface area contributed by atoms with Crippen LogP contribution in [0.1, 0.15) is 15.9 Å². The molecule has 1 heterocycles. The van der Waals surface area contributed by atoms with Crippen molar-refractivity contribution in [3.8, 4) is 0 Å². The fourth-order valence-electron chi connectivity index (χ4n) is 3.01. The highest BCUT2D eigenvalue weighted by Crippen LogP contribution is 2.19. The number of carbonyl (C=O) groups excluding carboxylic acids is 1. The minimum Gasteiger partial charge on any atom is -0.321 e. The summed E-state index contributed by atoms with van der Waals surface area (Å²) in [5.74, 6) is -0.258. The number of carbonyl (C=O) groups is 1. The summed E-state index contributed by atoms with van der Waals surface area (Å²) in [6, 6.07) is 22.9. The first-order valence-corrected chi connectivity index (χ1v) is 10.8. The molecule has 6 nitrogen and oxygen atoms in total. The summed E-state index contributed by atoms with van der Waals surface area (Å²) in [6.07, 6.45) is 3.19. The molecule has 0 spiro atoms. The van der Waals surface area contributed by atoms with Crippen LogP contribution in [0.5, 0.6) is 0 Å². The molecule has 1 amide bonds. The molecule has 30 heavy (non-hydrogen) atoms. The van der Waals surface area contributed by atoms with E-state index >= 15 is 0 Å². The number of sulfonamides is 1. The lowest BCUT2D eigenvalue weighted by atomic mass is 10.1. The number of pyridine rings is 1. The molecule has 4 rings (SSSR count). The number of benzene rings is 3. The SMILES string of the molecule is O=C(Nc1cccnc1)c1ccc(CNS(=O)(=O)c2ccc3ccccc3c2)cc1. The Morgan fingerprint density at radius 3 is 2.37 bits per heavy atom. The number of hydrogen-bond donors (Lipinski definition) is 2. The molecule has 0 bridgehead atoms. The lowest BCUT2D eigenvalue weighted by Crippen LogP contribution is -2.23. The number of amides is 1. The molecule has 7 heteroatoms. The van der Waals surface area contributed by atoms with Crippen LogP contribution in [-0.2, 0) is 16.6 Å². The maximum atomic E-state index is 12.6. The molecule has 150 valence electrons. The summed E-state index contributed by atoms with van der Waals surface area (Å²) in [4.78, 5) is 16.5. The van der Waals surface area contributed by atoms with Crippen molar-refractivity contribution < 1.29 is 13.2 Å². The van der Waals surface area contributed by atoms with Gasteiger partial charge in [0.1, 0.15) is 0 Å². The molecule has 0 radical (unpaired) electrons. The molecule has 0 saturated carbocycles.